The van der Waals surface area contributed by atoms with Crippen molar-refractivity contribution in [2.24, 2.45) is 5.73 Å². The third-order valence-electron chi connectivity index (χ3n) is 3.25. The van der Waals surface area contributed by atoms with Gasteiger partial charge in [0.1, 0.15) is 5.82 Å². The van der Waals surface area contributed by atoms with Gasteiger partial charge >= 0.3 is 0 Å². The minimum Gasteiger partial charge on any atom is -0.375 e. The van der Waals surface area contributed by atoms with Crippen molar-refractivity contribution in [1.82, 2.24) is 0 Å². The molecule has 1 aromatic carbocycles. The van der Waals surface area contributed by atoms with Crippen molar-refractivity contribution in [2.45, 2.75) is 37.8 Å². The maximum Gasteiger partial charge on any atom is 0.123 e. The molecule has 0 amide bonds. The Morgan fingerprint density at radius 2 is 2.06 bits per heavy atom. The first-order valence-electron chi connectivity index (χ1n) is 5.90. The molecule has 0 bridgehead atoms. The van der Waals surface area contributed by atoms with Crippen LogP contribution in [0.25, 0.3) is 0 Å². The van der Waals surface area contributed by atoms with E-state index in [1.807, 2.05) is 0 Å². The third-order valence-corrected chi connectivity index (χ3v) is 3.62. The number of benzene rings is 1. The molecule has 0 unspecified atom stereocenters. The van der Waals surface area contributed by atoms with Crippen LogP contribution >= 0.6 is 11.6 Å². The predicted molar refractivity (Wildman–Crippen MR) is 66.5 cm³/mol. The van der Waals surface area contributed by atoms with Gasteiger partial charge in [-0.15, -0.1) is 0 Å². The molecule has 0 atom stereocenters. The van der Waals surface area contributed by atoms with Crippen molar-refractivity contribution in [1.29, 1.82) is 0 Å². The Hall–Kier alpha value is -0.640. The number of ether oxygens (including phenoxy) is 1. The van der Waals surface area contributed by atoms with Crippen molar-refractivity contribution < 1.29 is 9.13 Å². The summed E-state index contributed by atoms with van der Waals surface area (Å²) >= 11 is 5.95. The van der Waals surface area contributed by atoms with Gasteiger partial charge in [-0.1, -0.05) is 24.4 Å². The lowest BCUT2D eigenvalue weighted by Gasteiger charge is -2.23. The van der Waals surface area contributed by atoms with Crippen LogP contribution in [0.1, 0.15) is 31.2 Å². The monoisotopic (exact) mass is 257 g/mol. The van der Waals surface area contributed by atoms with Crippen LogP contribution in [0.3, 0.4) is 0 Å². The number of halogens is 2. The van der Waals surface area contributed by atoms with Crippen LogP contribution in [0.4, 0.5) is 4.39 Å². The molecule has 1 fully saturated rings. The molecule has 94 valence electrons. The molecular weight excluding hydrogens is 241 g/mol. The molecule has 2 rings (SSSR count). The smallest absolute Gasteiger partial charge is 0.123 e. The normalized spacial score (nSPS) is 18.5. The first kappa shape index (κ1) is 12.8. The molecule has 0 spiro atoms. The van der Waals surface area contributed by atoms with Gasteiger partial charge in [0.25, 0.3) is 0 Å². The summed E-state index contributed by atoms with van der Waals surface area (Å²) in [5.74, 6) is -0.295. The molecule has 1 aliphatic carbocycles. The quantitative estimate of drug-likeness (QED) is 0.899. The fraction of sp³-hybridized carbons (Fsp3) is 0.538. The van der Waals surface area contributed by atoms with Gasteiger partial charge in [0, 0.05) is 10.6 Å². The van der Waals surface area contributed by atoms with Crippen LogP contribution in [0.2, 0.25) is 5.02 Å². The Bertz CT molecular complexity index is 391. The minimum atomic E-state index is -0.295. The van der Waals surface area contributed by atoms with Gasteiger partial charge in [0.15, 0.2) is 0 Å². The second-order valence-corrected chi connectivity index (χ2v) is 5.21. The molecular formula is C13H17ClFNO. The average molecular weight is 258 g/mol. The fourth-order valence-corrected chi connectivity index (χ4v) is 2.41. The maximum absolute atomic E-state index is 13.0. The molecule has 0 aliphatic heterocycles. The third kappa shape index (κ3) is 3.41. The summed E-state index contributed by atoms with van der Waals surface area (Å²) < 4.78 is 18.6. The Balaban J connectivity index is 1.87. The van der Waals surface area contributed by atoms with Crippen LogP contribution in [0.5, 0.6) is 0 Å². The predicted octanol–water partition coefficient (Wildman–Crippen LogP) is 3.27. The highest BCUT2D eigenvalue weighted by Crippen LogP contribution is 2.28. The van der Waals surface area contributed by atoms with E-state index in [9.17, 15) is 4.39 Å². The molecule has 1 saturated carbocycles. The average Bonchev–Trinajstić information content (AvgIpc) is 2.71. The van der Waals surface area contributed by atoms with E-state index in [0.717, 1.165) is 12.8 Å². The Morgan fingerprint density at radius 3 is 2.76 bits per heavy atom. The highest BCUT2D eigenvalue weighted by molar-refractivity contribution is 6.31. The summed E-state index contributed by atoms with van der Waals surface area (Å²) in [4.78, 5) is 0. The van der Waals surface area contributed by atoms with Crippen LogP contribution in [-0.4, -0.2) is 12.1 Å². The van der Waals surface area contributed by atoms with E-state index in [4.69, 9.17) is 22.1 Å². The SMILES string of the molecule is NC1(COCc2cc(F)ccc2Cl)CCCC1. The highest BCUT2D eigenvalue weighted by atomic mass is 35.5. The van der Waals surface area contributed by atoms with E-state index in [1.54, 1.807) is 6.07 Å². The molecule has 1 aromatic rings. The van der Waals surface area contributed by atoms with Crippen LogP contribution in [0, 0.1) is 5.82 Å². The second-order valence-electron chi connectivity index (χ2n) is 4.80. The van der Waals surface area contributed by atoms with Gasteiger partial charge in [0.05, 0.1) is 13.2 Å². The van der Waals surface area contributed by atoms with Crippen molar-refractivity contribution in [3.63, 3.8) is 0 Å². The number of hydrogen-bond donors (Lipinski definition) is 1. The lowest BCUT2D eigenvalue weighted by molar-refractivity contribution is 0.0750. The topological polar surface area (TPSA) is 35.2 Å². The first-order chi connectivity index (χ1) is 8.09. The summed E-state index contributed by atoms with van der Waals surface area (Å²) in [6.07, 6.45) is 4.34. The molecule has 1 aliphatic rings. The summed E-state index contributed by atoms with van der Waals surface area (Å²) in [6.45, 7) is 0.829. The molecule has 17 heavy (non-hydrogen) atoms. The number of nitrogens with two attached hydrogens (primary N) is 1. The minimum absolute atomic E-state index is 0.195. The van der Waals surface area contributed by atoms with E-state index in [2.05, 4.69) is 0 Å². The molecule has 2 nitrogen and oxygen atoms in total. The highest BCUT2D eigenvalue weighted by Gasteiger charge is 2.29. The Kier molecular flexibility index (Phi) is 4.02. The van der Waals surface area contributed by atoms with E-state index in [0.29, 0.717) is 23.8 Å². The van der Waals surface area contributed by atoms with Crippen molar-refractivity contribution in [3.05, 3.63) is 34.6 Å². The van der Waals surface area contributed by atoms with Crippen LogP contribution in [-0.2, 0) is 11.3 Å². The van der Waals surface area contributed by atoms with Crippen molar-refractivity contribution >= 4 is 11.6 Å². The summed E-state index contributed by atoms with van der Waals surface area (Å²) in [5, 5.41) is 0.531. The van der Waals surface area contributed by atoms with Crippen molar-refractivity contribution in [2.75, 3.05) is 6.61 Å². The lowest BCUT2D eigenvalue weighted by Crippen LogP contribution is -2.41. The first-order valence-corrected chi connectivity index (χ1v) is 6.27. The van der Waals surface area contributed by atoms with Gasteiger partial charge in [-0.2, -0.15) is 0 Å². The molecule has 0 saturated heterocycles. The summed E-state index contributed by atoms with van der Waals surface area (Å²) in [5.41, 5.74) is 6.64. The van der Waals surface area contributed by atoms with E-state index >= 15 is 0 Å². The van der Waals surface area contributed by atoms with E-state index in [-0.39, 0.29) is 11.4 Å². The lowest BCUT2D eigenvalue weighted by atomic mass is 10.0. The van der Waals surface area contributed by atoms with Gasteiger partial charge in [-0.25, -0.2) is 4.39 Å². The largest absolute Gasteiger partial charge is 0.375 e. The molecule has 0 heterocycles. The maximum atomic E-state index is 13.0. The molecule has 4 heteroatoms. The number of rotatable bonds is 4. The fourth-order valence-electron chi connectivity index (χ4n) is 2.24. The standard InChI is InChI=1S/C13H17ClFNO/c14-12-4-3-11(15)7-10(12)8-17-9-13(16)5-1-2-6-13/h3-4,7H,1-2,5-6,8-9,16H2. The van der Waals surface area contributed by atoms with Gasteiger partial charge in [0.2, 0.25) is 0 Å². The zero-order chi connectivity index (χ0) is 12.3. The number of hydrogen-bond acceptors (Lipinski definition) is 2. The zero-order valence-electron chi connectivity index (χ0n) is 9.72. The van der Waals surface area contributed by atoms with Gasteiger partial charge in [-0.3, -0.25) is 0 Å². The van der Waals surface area contributed by atoms with Crippen LogP contribution in [0.15, 0.2) is 18.2 Å². The molecule has 2 N–H and O–H groups in total. The summed E-state index contributed by atoms with van der Waals surface area (Å²) in [6, 6.07) is 4.29. The van der Waals surface area contributed by atoms with Gasteiger partial charge < -0.3 is 10.5 Å². The molecule has 0 aromatic heterocycles. The van der Waals surface area contributed by atoms with Crippen molar-refractivity contribution in [3.8, 4) is 0 Å². The van der Waals surface area contributed by atoms with Gasteiger partial charge in [-0.05, 0) is 36.6 Å². The Morgan fingerprint density at radius 1 is 1.35 bits per heavy atom. The summed E-state index contributed by atoms with van der Waals surface area (Å²) in [7, 11) is 0. The van der Waals surface area contributed by atoms with E-state index < -0.39 is 0 Å². The van der Waals surface area contributed by atoms with E-state index in [1.165, 1.54) is 25.0 Å². The second kappa shape index (κ2) is 5.34. The molecule has 0 radical (unpaired) electrons. The zero-order valence-corrected chi connectivity index (χ0v) is 10.5. The van der Waals surface area contributed by atoms with Crippen LogP contribution < -0.4 is 5.73 Å². The Labute approximate surface area is 106 Å².